The Morgan fingerprint density at radius 2 is 2.24 bits per heavy atom. The third kappa shape index (κ3) is 3.23. The van der Waals surface area contributed by atoms with Gasteiger partial charge in [0.15, 0.2) is 0 Å². The molecule has 0 radical (unpaired) electrons. The van der Waals surface area contributed by atoms with Gasteiger partial charge in [-0.15, -0.1) is 0 Å². The summed E-state index contributed by atoms with van der Waals surface area (Å²) in [6.45, 7) is 6.93. The maximum atomic E-state index is 11.0. The van der Waals surface area contributed by atoms with Crippen molar-refractivity contribution in [3.8, 4) is 0 Å². The van der Waals surface area contributed by atoms with Crippen molar-refractivity contribution in [2.24, 2.45) is 0 Å². The molecule has 0 spiro atoms. The lowest BCUT2D eigenvalue weighted by atomic mass is 9.93. The quantitative estimate of drug-likeness (QED) is 0.609. The van der Waals surface area contributed by atoms with Gasteiger partial charge in [0.2, 0.25) is 0 Å². The largest absolute Gasteiger partial charge is 0.314 e. The third-order valence-corrected chi connectivity index (χ3v) is 2.93. The molecule has 94 valence electrons. The second-order valence-corrected chi connectivity index (χ2v) is 4.03. The summed E-state index contributed by atoms with van der Waals surface area (Å²) in [5.74, 6) is 0.0662. The van der Waals surface area contributed by atoms with Crippen molar-refractivity contribution in [3.05, 3.63) is 34.1 Å². The number of likely N-dealkylation sites (N-methyl/N-ethyl adjacent to an activating group) is 1. The summed E-state index contributed by atoms with van der Waals surface area (Å²) >= 11 is 0. The molecule has 0 amide bonds. The molecule has 1 heterocycles. The van der Waals surface area contributed by atoms with E-state index < -0.39 is 0 Å². The van der Waals surface area contributed by atoms with E-state index in [4.69, 9.17) is 0 Å². The highest BCUT2D eigenvalue weighted by Crippen LogP contribution is 2.28. The standard InChI is InChI=1S/C12H19N3O2/c1-4-10(9(3)13-5-2)12-11(15(16)17)7-6-8-14-12/h6-10,13H,4-5H2,1-3H3. The Labute approximate surface area is 101 Å². The van der Waals surface area contributed by atoms with Crippen LogP contribution in [0.2, 0.25) is 0 Å². The average Bonchev–Trinajstić information content (AvgIpc) is 2.31. The first-order chi connectivity index (χ1) is 8.11. The zero-order chi connectivity index (χ0) is 12.8. The molecule has 5 nitrogen and oxygen atoms in total. The Balaban J connectivity index is 3.06. The molecule has 0 aliphatic heterocycles. The Morgan fingerprint density at radius 3 is 2.76 bits per heavy atom. The zero-order valence-corrected chi connectivity index (χ0v) is 10.5. The van der Waals surface area contributed by atoms with Crippen LogP contribution in [0.5, 0.6) is 0 Å². The molecule has 0 aliphatic carbocycles. The van der Waals surface area contributed by atoms with Gasteiger partial charge in [-0.2, -0.15) is 0 Å². The summed E-state index contributed by atoms with van der Waals surface area (Å²) in [5, 5.41) is 14.3. The molecule has 1 N–H and O–H groups in total. The van der Waals surface area contributed by atoms with Gasteiger partial charge in [0, 0.05) is 24.2 Å². The number of aromatic nitrogens is 1. The molecule has 1 aromatic heterocycles. The number of hydrogen-bond donors (Lipinski definition) is 1. The molecule has 2 atom stereocenters. The van der Waals surface area contributed by atoms with Crippen molar-refractivity contribution in [1.82, 2.24) is 10.3 Å². The van der Waals surface area contributed by atoms with Gasteiger partial charge >= 0.3 is 0 Å². The summed E-state index contributed by atoms with van der Waals surface area (Å²) in [7, 11) is 0. The Hall–Kier alpha value is -1.49. The smallest absolute Gasteiger partial charge is 0.291 e. The maximum absolute atomic E-state index is 11.0. The number of nitrogens with one attached hydrogen (secondary N) is 1. The Bertz CT molecular complexity index is 382. The number of hydrogen-bond acceptors (Lipinski definition) is 4. The average molecular weight is 237 g/mol. The molecule has 0 fully saturated rings. The predicted octanol–water partition coefficient (Wildman–Crippen LogP) is 2.48. The SMILES string of the molecule is CCNC(C)C(CC)c1ncccc1[N+](=O)[O-]. The molecule has 1 rings (SSSR count). The second kappa shape index (κ2) is 6.30. The van der Waals surface area contributed by atoms with Gasteiger partial charge in [-0.25, -0.2) is 0 Å². The van der Waals surface area contributed by atoms with Crippen LogP contribution in [0.4, 0.5) is 5.69 Å². The van der Waals surface area contributed by atoms with Gasteiger partial charge in [-0.1, -0.05) is 13.8 Å². The van der Waals surface area contributed by atoms with Crippen molar-refractivity contribution in [3.63, 3.8) is 0 Å². The molecular weight excluding hydrogens is 218 g/mol. The third-order valence-electron chi connectivity index (χ3n) is 2.93. The fourth-order valence-electron chi connectivity index (χ4n) is 2.10. The van der Waals surface area contributed by atoms with Crippen LogP contribution in [0.15, 0.2) is 18.3 Å². The summed E-state index contributed by atoms with van der Waals surface area (Å²) in [5.41, 5.74) is 0.692. The van der Waals surface area contributed by atoms with Crippen molar-refractivity contribution >= 4 is 5.69 Å². The monoisotopic (exact) mass is 237 g/mol. The Morgan fingerprint density at radius 1 is 1.53 bits per heavy atom. The molecular formula is C12H19N3O2. The van der Waals surface area contributed by atoms with E-state index in [1.807, 2.05) is 20.8 Å². The van der Waals surface area contributed by atoms with Gasteiger partial charge in [0.25, 0.3) is 5.69 Å². The molecule has 5 heteroatoms. The van der Waals surface area contributed by atoms with Gasteiger partial charge in [0.05, 0.1) is 4.92 Å². The highest BCUT2D eigenvalue weighted by molar-refractivity contribution is 5.37. The lowest BCUT2D eigenvalue weighted by molar-refractivity contribution is -0.386. The van der Waals surface area contributed by atoms with E-state index in [0.717, 1.165) is 13.0 Å². The number of nitro groups is 1. The number of nitrogens with zero attached hydrogens (tertiary/aromatic N) is 2. The van der Waals surface area contributed by atoms with Gasteiger partial charge in [0.1, 0.15) is 5.69 Å². The minimum Gasteiger partial charge on any atom is -0.314 e. The zero-order valence-electron chi connectivity index (χ0n) is 10.5. The Kier molecular flexibility index (Phi) is 5.03. The van der Waals surface area contributed by atoms with Crippen LogP contribution >= 0.6 is 0 Å². The van der Waals surface area contributed by atoms with E-state index in [1.54, 1.807) is 12.3 Å². The molecule has 2 unspecified atom stereocenters. The minimum absolute atomic E-state index is 0.0662. The van der Waals surface area contributed by atoms with E-state index in [9.17, 15) is 10.1 Å². The van der Waals surface area contributed by atoms with Crippen LogP contribution in [0.3, 0.4) is 0 Å². The summed E-state index contributed by atoms with van der Waals surface area (Å²) in [6, 6.07) is 3.30. The molecule has 0 aromatic carbocycles. The fourth-order valence-corrected chi connectivity index (χ4v) is 2.10. The second-order valence-electron chi connectivity index (χ2n) is 4.03. The van der Waals surface area contributed by atoms with Crippen LogP contribution in [-0.2, 0) is 0 Å². The fraction of sp³-hybridized carbons (Fsp3) is 0.583. The van der Waals surface area contributed by atoms with E-state index in [2.05, 4.69) is 10.3 Å². The first kappa shape index (κ1) is 13.6. The molecule has 0 saturated heterocycles. The highest BCUT2D eigenvalue weighted by Gasteiger charge is 2.25. The van der Waals surface area contributed by atoms with Crippen molar-refractivity contribution in [2.75, 3.05) is 6.54 Å². The summed E-state index contributed by atoms with van der Waals surface area (Å²) < 4.78 is 0. The molecule has 0 saturated carbocycles. The van der Waals surface area contributed by atoms with Crippen molar-refractivity contribution in [2.45, 2.75) is 39.2 Å². The molecule has 17 heavy (non-hydrogen) atoms. The van der Waals surface area contributed by atoms with Crippen molar-refractivity contribution in [1.29, 1.82) is 0 Å². The maximum Gasteiger partial charge on any atom is 0.291 e. The number of pyridine rings is 1. The molecule has 0 bridgehead atoms. The lowest BCUT2D eigenvalue weighted by Crippen LogP contribution is -2.32. The van der Waals surface area contributed by atoms with E-state index in [0.29, 0.717) is 5.69 Å². The summed E-state index contributed by atoms with van der Waals surface area (Å²) in [6.07, 6.45) is 2.44. The normalized spacial score (nSPS) is 14.3. The van der Waals surface area contributed by atoms with Crippen LogP contribution < -0.4 is 5.32 Å². The highest BCUT2D eigenvalue weighted by atomic mass is 16.6. The molecule has 1 aromatic rings. The molecule has 0 aliphatic rings. The van der Waals surface area contributed by atoms with E-state index >= 15 is 0 Å². The predicted molar refractivity (Wildman–Crippen MR) is 67.1 cm³/mol. The lowest BCUT2D eigenvalue weighted by Gasteiger charge is -2.22. The van der Waals surface area contributed by atoms with Gasteiger partial charge in [-0.3, -0.25) is 15.1 Å². The number of rotatable bonds is 6. The topological polar surface area (TPSA) is 68.1 Å². The first-order valence-electron chi connectivity index (χ1n) is 5.94. The van der Waals surface area contributed by atoms with Crippen LogP contribution in [0.1, 0.15) is 38.8 Å². The first-order valence-corrected chi connectivity index (χ1v) is 5.94. The summed E-state index contributed by atoms with van der Waals surface area (Å²) in [4.78, 5) is 14.8. The van der Waals surface area contributed by atoms with E-state index in [-0.39, 0.29) is 22.6 Å². The van der Waals surface area contributed by atoms with Gasteiger partial charge in [-0.05, 0) is 26.0 Å². The van der Waals surface area contributed by atoms with E-state index in [1.165, 1.54) is 6.07 Å². The van der Waals surface area contributed by atoms with Crippen LogP contribution in [-0.4, -0.2) is 22.5 Å². The van der Waals surface area contributed by atoms with Crippen molar-refractivity contribution < 1.29 is 4.92 Å². The van der Waals surface area contributed by atoms with Crippen LogP contribution in [0, 0.1) is 10.1 Å². The van der Waals surface area contributed by atoms with Crippen LogP contribution in [0.25, 0.3) is 0 Å². The van der Waals surface area contributed by atoms with Gasteiger partial charge < -0.3 is 5.32 Å². The minimum atomic E-state index is -0.357.